The van der Waals surface area contributed by atoms with E-state index in [4.69, 9.17) is 14.2 Å². The van der Waals surface area contributed by atoms with E-state index in [1.807, 2.05) is 0 Å². The van der Waals surface area contributed by atoms with Crippen molar-refractivity contribution in [3.8, 4) is 11.5 Å². The maximum Gasteiger partial charge on any atom is 0.355 e. The summed E-state index contributed by atoms with van der Waals surface area (Å²) in [5.41, 5.74) is 2.47. The number of carbonyl (C=O) groups excluding carboxylic acids is 2. The van der Waals surface area contributed by atoms with E-state index in [-0.39, 0.29) is 5.69 Å². The average Bonchev–Trinajstić information content (AvgIpc) is 2.93. The lowest BCUT2D eigenvalue weighted by molar-refractivity contribution is 0.0467. The van der Waals surface area contributed by atoms with Crippen molar-refractivity contribution < 1.29 is 28.9 Å². The van der Waals surface area contributed by atoms with Crippen LogP contribution in [0.4, 0.5) is 0 Å². The molecule has 26 heavy (non-hydrogen) atoms. The molecule has 0 amide bonds. The molecule has 1 heterocycles. The molecule has 7 nitrogen and oxygen atoms in total. The molecular weight excluding hydrogens is 338 g/mol. The summed E-state index contributed by atoms with van der Waals surface area (Å²) in [5, 5.41) is 9.80. The maximum atomic E-state index is 12.4. The number of nitrogens with one attached hydrogen (secondary N) is 1. The molecule has 0 saturated heterocycles. The highest BCUT2D eigenvalue weighted by atomic mass is 16.5. The van der Waals surface area contributed by atoms with E-state index in [0.717, 1.165) is 0 Å². The number of hydrogen-bond donors (Lipinski definition) is 2. The monoisotopic (exact) mass is 361 g/mol. The van der Waals surface area contributed by atoms with Crippen molar-refractivity contribution in [2.24, 2.45) is 0 Å². The fourth-order valence-corrected chi connectivity index (χ4v) is 2.91. The topological polar surface area (TPSA) is 97.9 Å². The molecule has 7 heteroatoms. The molecule has 1 aromatic heterocycles. The van der Waals surface area contributed by atoms with Crippen LogP contribution in [0.1, 0.15) is 50.7 Å². The Hall–Kier alpha value is -2.80. The third-order valence-corrected chi connectivity index (χ3v) is 4.16. The number of Topliss-reactive ketones (excluding diaryl/α,β-unsaturated/α-hetero) is 1. The van der Waals surface area contributed by atoms with Gasteiger partial charge in [-0.1, -0.05) is 0 Å². The first-order valence-corrected chi connectivity index (χ1v) is 8.09. The molecule has 140 valence electrons. The number of aryl methyl sites for hydroxylation is 1. The number of rotatable bonds is 7. The first-order chi connectivity index (χ1) is 12.3. The number of aromatic amines is 1. The molecule has 0 aliphatic carbocycles. The number of esters is 1. The highest BCUT2D eigenvalue weighted by Gasteiger charge is 2.22. The van der Waals surface area contributed by atoms with Gasteiger partial charge in [-0.05, 0) is 38.5 Å². The van der Waals surface area contributed by atoms with Crippen LogP contribution in [0.15, 0.2) is 18.2 Å². The number of methoxy groups -OCH3 is 2. The van der Waals surface area contributed by atoms with Crippen LogP contribution in [0.2, 0.25) is 0 Å². The number of carbonyl (C=O) groups is 2. The van der Waals surface area contributed by atoms with Crippen molar-refractivity contribution in [2.45, 2.75) is 26.9 Å². The number of aromatic nitrogens is 1. The molecule has 1 aromatic carbocycles. The number of ether oxygens (including phenoxy) is 3. The van der Waals surface area contributed by atoms with Gasteiger partial charge in [0.15, 0.2) is 6.61 Å². The van der Waals surface area contributed by atoms with Gasteiger partial charge in [0, 0.05) is 17.3 Å². The quantitative estimate of drug-likeness (QED) is 0.581. The van der Waals surface area contributed by atoms with Gasteiger partial charge in [0.1, 0.15) is 17.2 Å². The van der Waals surface area contributed by atoms with Crippen LogP contribution in [0.25, 0.3) is 0 Å². The third kappa shape index (κ3) is 3.88. The van der Waals surface area contributed by atoms with Gasteiger partial charge in [0.2, 0.25) is 5.78 Å². The maximum absolute atomic E-state index is 12.4. The Bertz CT molecular complexity index is 822. The Morgan fingerprint density at radius 3 is 2.42 bits per heavy atom. The van der Waals surface area contributed by atoms with Crippen LogP contribution in [-0.4, -0.2) is 42.7 Å². The number of hydrogen-bond acceptors (Lipinski definition) is 6. The summed E-state index contributed by atoms with van der Waals surface area (Å²) in [6.45, 7) is 4.68. The fourth-order valence-electron chi connectivity index (χ4n) is 2.91. The van der Waals surface area contributed by atoms with Crippen molar-refractivity contribution in [3.63, 3.8) is 0 Å². The zero-order valence-electron chi connectivity index (χ0n) is 15.5. The lowest BCUT2D eigenvalue weighted by atomic mass is 10.1. The minimum Gasteiger partial charge on any atom is -0.497 e. The van der Waals surface area contributed by atoms with Crippen molar-refractivity contribution >= 4 is 11.8 Å². The standard InChI is InChI=1S/C19H23NO6/c1-10-17(12(3)21)11(2)20-18(10)19(23)26-9-15(22)14-7-6-13(24-4)8-16(14)25-5/h6-8,12,20-21H,9H2,1-5H3/t12-/m1/s1. The van der Waals surface area contributed by atoms with Gasteiger partial charge >= 0.3 is 5.97 Å². The second kappa shape index (κ2) is 8.05. The molecule has 0 radical (unpaired) electrons. The smallest absolute Gasteiger partial charge is 0.355 e. The number of aliphatic hydroxyl groups excluding tert-OH is 1. The molecule has 2 N–H and O–H groups in total. The molecular formula is C19H23NO6. The molecule has 2 aromatic rings. The second-order valence-electron chi connectivity index (χ2n) is 5.91. The summed E-state index contributed by atoms with van der Waals surface area (Å²) < 4.78 is 15.4. The van der Waals surface area contributed by atoms with Gasteiger partial charge in [-0.25, -0.2) is 4.79 Å². The minimum absolute atomic E-state index is 0.230. The molecule has 0 spiro atoms. The normalized spacial score (nSPS) is 11.8. The minimum atomic E-state index is -0.710. The first-order valence-electron chi connectivity index (χ1n) is 8.09. The number of benzene rings is 1. The van der Waals surface area contributed by atoms with E-state index in [2.05, 4.69) is 4.98 Å². The van der Waals surface area contributed by atoms with E-state index in [9.17, 15) is 14.7 Å². The van der Waals surface area contributed by atoms with Crippen molar-refractivity contribution in [1.82, 2.24) is 4.98 Å². The zero-order valence-corrected chi connectivity index (χ0v) is 15.5. The zero-order chi connectivity index (χ0) is 19.4. The number of aliphatic hydroxyl groups is 1. The molecule has 0 unspecified atom stereocenters. The van der Waals surface area contributed by atoms with Gasteiger partial charge < -0.3 is 24.3 Å². The SMILES string of the molecule is COc1ccc(C(=O)COC(=O)c2[nH]c(C)c([C@@H](C)O)c2C)c(OC)c1. The highest BCUT2D eigenvalue weighted by molar-refractivity contribution is 6.01. The van der Waals surface area contributed by atoms with E-state index >= 15 is 0 Å². The van der Waals surface area contributed by atoms with Gasteiger partial charge in [-0.3, -0.25) is 4.79 Å². The van der Waals surface area contributed by atoms with E-state index in [1.165, 1.54) is 14.2 Å². The van der Waals surface area contributed by atoms with Crippen molar-refractivity contribution in [1.29, 1.82) is 0 Å². The van der Waals surface area contributed by atoms with Gasteiger partial charge in [-0.15, -0.1) is 0 Å². The lowest BCUT2D eigenvalue weighted by Gasteiger charge is -2.10. The summed E-state index contributed by atoms with van der Waals surface area (Å²) in [4.78, 5) is 27.6. The van der Waals surface area contributed by atoms with E-state index in [0.29, 0.717) is 33.9 Å². The van der Waals surface area contributed by atoms with Crippen LogP contribution < -0.4 is 9.47 Å². The first kappa shape index (κ1) is 19.5. The largest absolute Gasteiger partial charge is 0.497 e. The Morgan fingerprint density at radius 1 is 1.19 bits per heavy atom. The molecule has 0 saturated carbocycles. The fraction of sp³-hybridized carbons (Fsp3) is 0.368. The Morgan fingerprint density at radius 2 is 1.88 bits per heavy atom. The summed E-state index contributed by atoms with van der Waals surface area (Å²) in [6, 6.07) is 4.77. The Balaban J connectivity index is 2.13. The van der Waals surface area contributed by atoms with E-state index < -0.39 is 24.5 Å². The second-order valence-corrected chi connectivity index (χ2v) is 5.91. The van der Waals surface area contributed by atoms with Gasteiger partial charge in [0.05, 0.1) is 25.9 Å². The Kier molecular flexibility index (Phi) is 6.05. The molecule has 0 fully saturated rings. The molecule has 1 atom stereocenters. The van der Waals surface area contributed by atoms with Crippen molar-refractivity contribution in [3.05, 3.63) is 46.3 Å². The van der Waals surface area contributed by atoms with Gasteiger partial charge in [-0.2, -0.15) is 0 Å². The van der Waals surface area contributed by atoms with E-state index in [1.54, 1.807) is 39.0 Å². The van der Waals surface area contributed by atoms with Crippen LogP contribution in [0, 0.1) is 13.8 Å². The van der Waals surface area contributed by atoms with Crippen LogP contribution in [-0.2, 0) is 4.74 Å². The summed E-state index contributed by atoms with van der Waals surface area (Å²) in [5.74, 6) is -0.153. The van der Waals surface area contributed by atoms with Crippen LogP contribution in [0.5, 0.6) is 11.5 Å². The molecule has 0 aliphatic heterocycles. The number of H-pyrrole nitrogens is 1. The highest BCUT2D eigenvalue weighted by Crippen LogP contribution is 2.26. The predicted molar refractivity (Wildman–Crippen MR) is 95.1 cm³/mol. The lowest BCUT2D eigenvalue weighted by Crippen LogP contribution is -2.16. The summed E-state index contributed by atoms with van der Waals surface area (Å²) >= 11 is 0. The Labute approximate surface area is 151 Å². The van der Waals surface area contributed by atoms with Crippen LogP contribution >= 0.6 is 0 Å². The molecule has 2 rings (SSSR count). The number of ketones is 1. The molecule has 0 bridgehead atoms. The van der Waals surface area contributed by atoms with Crippen LogP contribution in [0.3, 0.4) is 0 Å². The predicted octanol–water partition coefficient (Wildman–Crippen LogP) is 2.74. The third-order valence-electron chi connectivity index (χ3n) is 4.16. The van der Waals surface area contributed by atoms with Crippen molar-refractivity contribution in [2.75, 3.05) is 20.8 Å². The summed E-state index contributed by atoms with van der Waals surface area (Å²) in [6.07, 6.45) is -0.710. The molecule has 0 aliphatic rings. The van der Waals surface area contributed by atoms with Gasteiger partial charge in [0.25, 0.3) is 0 Å². The average molecular weight is 361 g/mol. The summed E-state index contributed by atoms with van der Waals surface area (Å²) in [7, 11) is 2.96.